The van der Waals surface area contributed by atoms with Crippen molar-refractivity contribution in [3.05, 3.63) is 33.8 Å². The van der Waals surface area contributed by atoms with Crippen LogP contribution in [0.2, 0.25) is 0 Å². The van der Waals surface area contributed by atoms with Crippen molar-refractivity contribution in [2.24, 2.45) is 5.92 Å². The predicted octanol–water partition coefficient (Wildman–Crippen LogP) is 4.95. The van der Waals surface area contributed by atoms with Gasteiger partial charge in [0.2, 0.25) is 0 Å². The molecule has 0 saturated carbocycles. The molecule has 1 heterocycles. The Morgan fingerprint density at radius 2 is 2.17 bits per heavy atom. The van der Waals surface area contributed by atoms with Crippen LogP contribution in [0.25, 0.3) is 6.08 Å². The maximum absolute atomic E-state index is 11.5. The smallest absolute Gasteiger partial charge is 0.135 e. The minimum Gasteiger partial charge on any atom is -0.388 e. The Morgan fingerprint density at radius 3 is 2.78 bits per heavy atom. The molecule has 0 radical (unpaired) electrons. The van der Waals surface area contributed by atoms with Gasteiger partial charge in [-0.1, -0.05) is 26.0 Å². The van der Waals surface area contributed by atoms with E-state index in [0.29, 0.717) is 18.6 Å². The molecular formula is C19H29NO2S. The summed E-state index contributed by atoms with van der Waals surface area (Å²) in [5.74, 6) is 0.521. The van der Waals surface area contributed by atoms with E-state index in [1.165, 1.54) is 0 Å². The van der Waals surface area contributed by atoms with Gasteiger partial charge < -0.3 is 5.11 Å². The molecule has 4 heteroatoms. The highest BCUT2D eigenvalue weighted by molar-refractivity contribution is 7.09. The van der Waals surface area contributed by atoms with Gasteiger partial charge in [-0.15, -0.1) is 11.3 Å². The van der Waals surface area contributed by atoms with Crippen LogP contribution in [0, 0.1) is 12.8 Å². The molecule has 2 atom stereocenters. The molecule has 23 heavy (non-hydrogen) atoms. The summed E-state index contributed by atoms with van der Waals surface area (Å²) in [6, 6.07) is 0. The van der Waals surface area contributed by atoms with E-state index in [4.69, 9.17) is 0 Å². The third-order valence-corrected chi connectivity index (χ3v) is 4.76. The van der Waals surface area contributed by atoms with Crippen molar-refractivity contribution >= 4 is 23.2 Å². The summed E-state index contributed by atoms with van der Waals surface area (Å²) >= 11 is 1.62. The van der Waals surface area contributed by atoms with Crippen molar-refractivity contribution in [2.45, 2.75) is 65.9 Å². The van der Waals surface area contributed by atoms with Crippen LogP contribution in [0.1, 0.15) is 63.6 Å². The number of hydrogen-bond acceptors (Lipinski definition) is 4. The van der Waals surface area contributed by atoms with E-state index in [0.717, 1.165) is 35.5 Å². The van der Waals surface area contributed by atoms with Gasteiger partial charge >= 0.3 is 0 Å². The Kier molecular flexibility index (Phi) is 9.03. The minimum absolute atomic E-state index is 0.172. The minimum atomic E-state index is -0.464. The lowest BCUT2D eigenvalue weighted by Crippen LogP contribution is -2.08. The number of aliphatic hydroxyl groups is 1. The Hall–Kier alpha value is -1.26. The Bertz CT molecular complexity index is 545. The lowest BCUT2D eigenvalue weighted by Gasteiger charge is -2.08. The quantitative estimate of drug-likeness (QED) is 0.486. The van der Waals surface area contributed by atoms with Crippen molar-refractivity contribution < 1.29 is 9.90 Å². The van der Waals surface area contributed by atoms with Crippen LogP contribution in [0.3, 0.4) is 0 Å². The molecule has 0 aliphatic carbocycles. The topological polar surface area (TPSA) is 50.2 Å². The molecular weight excluding hydrogens is 306 g/mol. The summed E-state index contributed by atoms with van der Waals surface area (Å²) in [6.07, 6.45) is 9.79. The van der Waals surface area contributed by atoms with Crippen LogP contribution in [0.5, 0.6) is 0 Å². The number of nitrogens with zero attached hydrogens (tertiary/aromatic N) is 1. The van der Waals surface area contributed by atoms with E-state index in [1.807, 2.05) is 45.2 Å². The fourth-order valence-corrected chi connectivity index (χ4v) is 2.93. The lowest BCUT2D eigenvalue weighted by molar-refractivity contribution is -0.122. The number of Topliss-reactive ketones (excluding diaryl/α,β-unsaturated/α-hetero) is 1. The molecule has 0 fully saturated rings. The number of rotatable bonds is 10. The number of aromatic nitrogens is 1. The highest BCUT2D eigenvalue weighted by Gasteiger charge is 2.09. The molecule has 0 saturated heterocycles. The molecule has 1 aromatic heterocycles. The largest absolute Gasteiger partial charge is 0.388 e. The van der Waals surface area contributed by atoms with Crippen molar-refractivity contribution in [3.8, 4) is 0 Å². The first-order valence-corrected chi connectivity index (χ1v) is 9.28. The molecule has 0 bridgehead atoms. The Morgan fingerprint density at radius 1 is 1.43 bits per heavy atom. The molecule has 0 aliphatic rings. The second-order valence-corrected chi connectivity index (χ2v) is 7.12. The van der Waals surface area contributed by atoms with Gasteiger partial charge in [0, 0.05) is 17.7 Å². The second kappa shape index (κ2) is 10.5. The fraction of sp³-hybridized carbons (Fsp3) is 0.579. The van der Waals surface area contributed by atoms with Gasteiger partial charge in [0.25, 0.3) is 0 Å². The zero-order chi connectivity index (χ0) is 17.2. The van der Waals surface area contributed by atoms with Gasteiger partial charge in [-0.25, -0.2) is 4.98 Å². The van der Waals surface area contributed by atoms with Gasteiger partial charge in [0.1, 0.15) is 5.78 Å². The van der Waals surface area contributed by atoms with E-state index < -0.39 is 6.10 Å². The first-order chi connectivity index (χ1) is 10.9. The highest BCUT2D eigenvalue weighted by atomic mass is 32.1. The summed E-state index contributed by atoms with van der Waals surface area (Å²) < 4.78 is 0. The number of unbranched alkanes of at least 4 members (excludes halogenated alkanes) is 1. The normalized spacial score (nSPS) is 15.1. The van der Waals surface area contributed by atoms with Crippen molar-refractivity contribution in [2.75, 3.05) is 0 Å². The molecule has 1 N–H and O–H groups in total. The van der Waals surface area contributed by atoms with Gasteiger partial charge in [0.15, 0.2) is 0 Å². The second-order valence-electron chi connectivity index (χ2n) is 6.05. The van der Waals surface area contributed by atoms with Gasteiger partial charge in [-0.3, -0.25) is 4.79 Å². The van der Waals surface area contributed by atoms with E-state index in [1.54, 1.807) is 11.3 Å². The number of hydrogen-bond donors (Lipinski definition) is 1. The van der Waals surface area contributed by atoms with E-state index in [-0.39, 0.29) is 5.92 Å². The maximum Gasteiger partial charge on any atom is 0.135 e. The summed E-state index contributed by atoms with van der Waals surface area (Å²) in [5.41, 5.74) is 1.85. The van der Waals surface area contributed by atoms with Crippen LogP contribution < -0.4 is 0 Å². The molecule has 1 aromatic rings. The van der Waals surface area contributed by atoms with Crippen LogP contribution in [0.4, 0.5) is 0 Å². The monoisotopic (exact) mass is 335 g/mol. The van der Waals surface area contributed by atoms with Crippen molar-refractivity contribution in [1.29, 1.82) is 0 Å². The molecule has 3 nitrogen and oxygen atoms in total. The summed E-state index contributed by atoms with van der Waals surface area (Å²) in [5, 5.41) is 13.2. The van der Waals surface area contributed by atoms with Crippen LogP contribution >= 0.6 is 11.3 Å². The number of ketones is 1. The SMILES string of the molecule is CCC(=O)[C@@H](C)CCCC=CC[C@H](O)C(C)=Cc1csc(C)n1. The zero-order valence-electron chi connectivity index (χ0n) is 14.7. The maximum atomic E-state index is 11.5. The number of allylic oxidation sites excluding steroid dienone is 1. The first kappa shape index (κ1) is 19.8. The average Bonchev–Trinajstić information content (AvgIpc) is 2.94. The van der Waals surface area contributed by atoms with E-state index in [9.17, 15) is 9.90 Å². The Balaban J connectivity index is 2.28. The van der Waals surface area contributed by atoms with Crippen LogP contribution in [-0.4, -0.2) is 22.0 Å². The number of aryl methyl sites for hydroxylation is 1. The standard InChI is InChI=1S/C19H29NO2S/c1-5-18(21)14(2)10-8-6-7-9-11-19(22)15(3)12-17-13-23-16(4)20-17/h7,9,12-14,19,22H,5-6,8,10-11H2,1-4H3/t14-,19-/m0/s1. The van der Waals surface area contributed by atoms with Crippen molar-refractivity contribution in [1.82, 2.24) is 4.98 Å². The molecule has 128 valence electrons. The third kappa shape index (κ3) is 7.71. The number of thiazole rings is 1. The third-order valence-electron chi connectivity index (χ3n) is 3.97. The number of carbonyl (C=O) groups excluding carboxylic acids is 1. The predicted molar refractivity (Wildman–Crippen MR) is 98.6 cm³/mol. The van der Waals surface area contributed by atoms with E-state index in [2.05, 4.69) is 11.1 Å². The Labute approximate surface area is 144 Å². The molecule has 0 amide bonds. The average molecular weight is 336 g/mol. The molecule has 0 aliphatic heterocycles. The van der Waals surface area contributed by atoms with Gasteiger partial charge in [-0.05, 0) is 51.2 Å². The molecule has 0 unspecified atom stereocenters. The van der Waals surface area contributed by atoms with Gasteiger partial charge in [0.05, 0.1) is 16.8 Å². The fourth-order valence-electron chi connectivity index (χ4n) is 2.36. The summed E-state index contributed by atoms with van der Waals surface area (Å²) in [6.45, 7) is 7.84. The number of carbonyl (C=O) groups is 1. The molecule has 1 rings (SSSR count). The highest BCUT2D eigenvalue weighted by Crippen LogP contribution is 2.15. The summed E-state index contributed by atoms with van der Waals surface area (Å²) in [7, 11) is 0. The molecule has 0 spiro atoms. The molecule has 0 aromatic carbocycles. The zero-order valence-corrected chi connectivity index (χ0v) is 15.5. The first-order valence-electron chi connectivity index (χ1n) is 8.40. The lowest BCUT2D eigenvalue weighted by atomic mass is 9.98. The number of aliphatic hydroxyl groups excluding tert-OH is 1. The summed E-state index contributed by atoms with van der Waals surface area (Å²) in [4.78, 5) is 15.9. The van der Waals surface area contributed by atoms with Crippen LogP contribution in [-0.2, 0) is 4.79 Å². The van der Waals surface area contributed by atoms with Gasteiger partial charge in [-0.2, -0.15) is 0 Å². The van der Waals surface area contributed by atoms with Crippen molar-refractivity contribution in [3.63, 3.8) is 0 Å². The van der Waals surface area contributed by atoms with Crippen LogP contribution in [0.15, 0.2) is 23.1 Å². The van der Waals surface area contributed by atoms with E-state index >= 15 is 0 Å².